The second kappa shape index (κ2) is 14.3. The summed E-state index contributed by atoms with van der Waals surface area (Å²) in [6, 6.07) is 8.88. The Hall–Kier alpha value is -3.72. The molecule has 38 heavy (non-hydrogen) atoms. The number of carbonyl (C=O) groups is 1. The summed E-state index contributed by atoms with van der Waals surface area (Å²) in [6.45, 7) is 11.1. The van der Waals surface area contributed by atoms with Crippen molar-refractivity contribution in [2.75, 3.05) is 12.4 Å². The zero-order valence-electron chi connectivity index (χ0n) is 23.5. The van der Waals surface area contributed by atoms with E-state index in [9.17, 15) is 13.6 Å². The number of terminal acetylenes is 1. The molecule has 2 rings (SSSR count). The van der Waals surface area contributed by atoms with Crippen molar-refractivity contribution in [2.45, 2.75) is 72.9 Å². The maximum atomic E-state index is 15.0. The Labute approximate surface area is 226 Å². The Bertz CT molecular complexity index is 1270. The average molecular weight is 520 g/mol. The van der Waals surface area contributed by atoms with Gasteiger partial charge in [0.25, 0.3) is 0 Å². The van der Waals surface area contributed by atoms with E-state index in [1.54, 1.807) is 25.3 Å². The summed E-state index contributed by atoms with van der Waals surface area (Å²) in [7, 11) is 1.92. The first-order valence-electron chi connectivity index (χ1n) is 12.9. The number of nitrogens with zero attached hydrogens (tertiary/aromatic N) is 2. The van der Waals surface area contributed by atoms with Gasteiger partial charge in [-0.05, 0) is 81.1 Å². The molecule has 2 atom stereocenters. The van der Waals surface area contributed by atoms with Crippen LogP contribution < -0.4 is 5.32 Å². The molecule has 1 N–H and O–H groups in total. The molecule has 0 saturated heterocycles. The van der Waals surface area contributed by atoms with Gasteiger partial charge < -0.3 is 10.2 Å². The van der Waals surface area contributed by atoms with Crippen molar-refractivity contribution in [3.63, 3.8) is 0 Å². The third-order valence-electron chi connectivity index (χ3n) is 6.59. The maximum absolute atomic E-state index is 15.0. The van der Waals surface area contributed by atoms with Gasteiger partial charge in [0.05, 0.1) is 5.71 Å². The molecule has 6 heteroatoms. The number of hydrogen-bond acceptors (Lipinski definition) is 4. The molecule has 0 amide bonds. The van der Waals surface area contributed by atoms with E-state index in [4.69, 9.17) is 6.42 Å². The highest BCUT2D eigenvalue weighted by Crippen LogP contribution is 2.29. The number of anilines is 1. The second-order valence-corrected chi connectivity index (χ2v) is 9.56. The summed E-state index contributed by atoms with van der Waals surface area (Å²) in [6.07, 6.45) is 11.9. The first kappa shape index (κ1) is 30.5. The van der Waals surface area contributed by atoms with Crippen LogP contribution in [-0.4, -0.2) is 29.6 Å². The lowest BCUT2D eigenvalue weighted by Crippen LogP contribution is -2.40. The van der Waals surface area contributed by atoms with Crippen molar-refractivity contribution in [1.29, 1.82) is 0 Å². The lowest BCUT2D eigenvalue weighted by molar-refractivity contribution is 0.0987. The molecule has 0 bridgehead atoms. The maximum Gasteiger partial charge on any atom is 0.166 e. The van der Waals surface area contributed by atoms with E-state index in [0.717, 1.165) is 17.0 Å². The van der Waals surface area contributed by atoms with E-state index in [2.05, 4.69) is 16.2 Å². The summed E-state index contributed by atoms with van der Waals surface area (Å²) in [4.78, 5) is 18.7. The van der Waals surface area contributed by atoms with E-state index >= 15 is 0 Å². The predicted octanol–water partition coefficient (Wildman–Crippen LogP) is 8.11. The van der Waals surface area contributed by atoms with E-state index in [1.165, 1.54) is 0 Å². The molecule has 0 spiro atoms. The van der Waals surface area contributed by atoms with Crippen LogP contribution in [0.3, 0.4) is 0 Å². The predicted molar refractivity (Wildman–Crippen MR) is 155 cm³/mol. The van der Waals surface area contributed by atoms with Crippen LogP contribution in [0, 0.1) is 30.9 Å². The van der Waals surface area contributed by atoms with Crippen molar-refractivity contribution < 1.29 is 13.6 Å². The van der Waals surface area contributed by atoms with Crippen LogP contribution in [0.2, 0.25) is 0 Å². The Morgan fingerprint density at radius 1 is 1.18 bits per heavy atom. The minimum absolute atomic E-state index is 0.105. The zero-order chi connectivity index (χ0) is 28.4. The third kappa shape index (κ3) is 7.64. The van der Waals surface area contributed by atoms with E-state index in [0.29, 0.717) is 36.0 Å². The van der Waals surface area contributed by atoms with Crippen LogP contribution in [0.15, 0.2) is 53.8 Å². The highest BCUT2D eigenvalue weighted by atomic mass is 19.2. The number of aryl methyl sites for hydroxylation is 1. The van der Waals surface area contributed by atoms with Crippen LogP contribution in [0.1, 0.15) is 86.8 Å². The monoisotopic (exact) mass is 519 g/mol. The molecule has 0 radical (unpaired) electrons. The summed E-state index contributed by atoms with van der Waals surface area (Å²) in [5.41, 5.74) is 4.18. The molecular formula is C32H39F2N3O. The molecule has 4 nitrogen and oxygen atoms in total. The highest BCUT2D eigenvalue weighted by Gasteiger charge is 2.19. The fourth-order valence-electron chi connectivity index (χ4n) is 4.28. The minimum atomic E-state index is -0.880. The molecule has 2 aromatic rings. The molecule has 0 aliphatic heterocycles. The van der Waals surface area contributed by atoms with Crippen molar-refractivity contribution in [3.05, 3.63) is 82.7 Å². The molecular weight excluding hydrogens is 480 g/mol. The Morgan fingerprint density at radius 3 is 2.47 bits per heavy atom. The smallest absolute Gasteiger partial charge is 0.166 e. The third-order valence-corrected chi connectivity index (χ3v) is 6.59. The van der Waals surface area contributed by atoms with Gasteiger partial charge >= 0.3 is 0 Å². The number of carbonyl (C=O) groups excluding carboxylic acids is 1. The van der Waals surface area contributed by atoms with Crippen molar-refractivity contribution in [1.82, 2.24) is 4.90 Å². The lowest BCUT2D eigenvalue weighted by atomic mass is 9.93. The van der Waals surface area contributed by atoms with Crippen molar-refractivity contribution in [3.8, 4) is 12.3 Å². The van der Waals surface area contributed by atoms with E-state index in [-0.39, 0.29) is 23.4 Å². The number of allylic oxidation sites excluding steroid dienone is 2. The Morgan fingerprint density at radius 2 is 1.87 bits per heavy atom. The number of Topliss-reactive ketones (excluding diaryl/α,β-unsaturated/α-hetero) is 1. The van der Waals surface area contributed by atoms with E-state index < -0.39 is 11.6 Å². The SMILES string of the molecule is C#CCCC(C)c1ccc(/C(C)=C/N=C(C)C(Nc2ccc(C(=O)CC)c(C)c2)N(C)/C=C\C)c(F)c1F. The number of rotatable bonds is 12. The van der Waals surface area contributed by atoms with Crippen LogP contribution in [0.5, 0.6) is 0 Å². The largest absolute Gasteiger partial charge is 0.360 e. The molecule has 0 aromatic heterocycles. The molecule has 0 fully saturated rings. The van der Waals surface area contributed by atoms with Crippen molar-refractivity contribution >= 4 is 22.8 Å². The summed E-state index contributed by atoms with van der Waals surface area (Å²) in [5, 5.41) is 3.46. The summed E-state index contributed by atoms with van der Waals surface area (Å²) in [5.74, 6) is 0.756. The number of nitrogens with one attached hydrogen (secondary N) is 1. The molecule has 0 heterocycles. The first-order chi connectivity index (χ1) is 18.0. The number of hydrogen-bond donors (Lipinski definition) is 1. The number of ketones is 1. The molecule has 0 aliphatic carbocycles. The van der Waals surface area contributed by atoms with Crippen LogP contribution in [0.25, 0.3) is 5.57 Å². The average Bonchev–Trinajstić information content (AvgIpc) is 2.89. The molecule has 2 aromatic carbocycles. The number of halogens is 2. The highest BCUT2D eigenvalue weighted by molar-refractivity contribution is 5.97. The quantitative estimate of drug-likeness (QED) is 0.133. The molecule has 0 saturated carbocycles. The second-order valence-electron chi connectivity index (χ2n) is 9.56. The Kier molecular flexibility index (Phi) is 11.5. The standard InChI is InChI=1S/C32H39F2N3O/c1-9-12-13-21(4)27-16-17-28(31(34)30(27)33)23(6)20-35-24(7)32(37(8)18-10-2)36-25-14-15-26(22(5)19-25)29(38)11-3/h1,10,14-21,32,36H,11-13H2,2-8H3/b18-10-,23-20+,35-24?. The van der Waals surface area contributed by atoms with Crippen molar-refractivity contribution in [2.24, 2.45) is 4.99 Å². The number of benzene rings is 2. The van der Waals surface area contributed by atoms with Gasteiger partial charge in [-0.15, -0.1) is 12.3 Å². The van der Waals surface area contributed by atoms with Crippen LogP contribution >= 0.6 is 0 Å². The van der Waals surface area contributed by atoms with Crippen LogP contribution in [-0.2, 0) is 0 Å². The first-order valence-corrected chi connectivity index (χ1v) is 12.9. The fourth-order valence-corrected chi connectivity index (χ4v) is 4.28. The van der Waals surface area contributed by atoms with Gasteiger partial charge in [-0.3, -0.25) is 9.79 Å². The number of aliphatic imine (C=N–C) groups is 1. The molecule has 2 unspecified atom stereocenters. The van der Waals surface area contributed by atoms with Gasteiger partial charge in [0.15, 0.2) is 17.4 Å². The van der Waals surface area contributed by atoms with Gasteiger partial charge in [-0.1, -0.05) is 32.1 Å². The van der Waals surface area contributed by atoms with Gasteiger partial charge in [0.1, 0.15) is 6.17 Å². The van der Waals surface area contributed by atoms with Gasteiger partial charge in [0, 0.05) is 42.9 Å². The Balaban J connectivity index is 2.35. The normalized spacial score (nSPS) is 13.8. The van der Waals surface area contributed by atoms with E-state index in [1.807, 2.05) is 77.0 Å². The molecule has 202 valence electrons. The van der Waals surface area contributed by atoms with Crippen LogP contribution in [0.4, 0.5) is 14.5 Å². The van der Waals surface area contributed by atoms with Gasteiger partial charge in [-0.2, -0.15) is 0 Å². The lowest BCUT2D eigenvalue weighted by Gasteiger charge is -2.29. The topological polar surface area (TPSA) is 44.7 Å². The fraction of sp³-hybridized carbons (Fsp3) is 0.375. The molecule has 0 aliphatic rings. The minimum Gasteiger partial charge on any atom is -0.360 e. The summed E-state index contributed by atoms with van der Waals surface area (Å²) < 4.78 is 29.8. The zero-order valence-corrected chi connectivity index (χ0v) is 23.5. The summed E-state index contributed by atoms with van der Waals surface area (Å²) >= 11 is 0. The van der Waals surface area contributed by atoms with Gasteiger partial charge in [0.2, 0.25) is 0 Å². The van der Waals surface area contributed by atoms with Gasteiger partial charge in [-0.25, -0.2) is 8.78 Å².